The Morgan fingerprint density at radius 2 is 2.00 bits per heavy atom. The lowest BCUT2D eigenvalue weighted by Gasteiger charge is -2.23. The van der Waals surface area contributed by atoms with E-state index < -0.39 is 0 Å². The molecule has 0 bridgehead atoms. The van der Waals surface area contributed by atoms with Gasteiger partial charge in [0.15, 0.2) is 0 Å². The van der Waals surface area contributed by atoms with E-state index in [1.54, 1.807) is 0 Å². The monoisotopic (exact) mass is 231 g/mol. The largest absolute Gasteiger partial charge is 0.314 e. The fourth-order valence-corrected chi connectivity index (χ4v) is 2.90. The fourth-order valence-electron chi connectivity index (χ4n) is 2.90. The van der Waals surface area contributed by atoms with E-state index in [4.69, 9.17) is 0 Å². The van der Waals surface area contributed by atoms with Crippen molar-refractivity contribution in [3.05, 3.63) is 35.9 Å². The van der Waals surface area contributed by atoms with E-state index in [1.807, 2.05) is 0 Å². The molecule has 1 aromatic carbocycles. The Morgan fingerprint density at radius 1 is 1.24 bits per heavy atom. The van der Waals surface area contributed by atoms with Crippen LogP contribution in [0.1, 0.15) is 38.7 Å². The fraction of sp³-hybridized carbons (Fsp3) is 0.625. The molecule has 1 N–H and O–H groups in total. The van der Waals surface area contributed by atoms with E-state index in [1.165, 1.54) is 37.8 Å². The number of hydrogen-bond donors (Lipinski definition) is 1. The second-order valence-electron chi connectivity index (χ2n) is 5.72. The van der Waals surface area contributed by atoms with E-state index in [0.29, 0.717) is 6.04 Å². The van der Waals surface area contributed by atoms with Gasteiger partial charge in [0.05, 0.1) is 0 Å². The van der Waals surface area contributed by atoms with Gasteiger partial charge in [-0.15, -0.1) is 0 Å². The van der Waals surface area contributed by atoms with Crippen LogP contribution in [0.4, 0.5) is 0 Å². The normalized spacial score (nSPS) is 25.8. The maximum Gasteiger partial charge on any atom is 0.0110 e. The zero-order valence-electron chi connectivity index (χ0n) is 11.2. The van der Waals surface area contributed by atoms with Crippen molar-refractivity contribution in [1.82, 2.24) is 5.32 Å². The van der Waals surface area contributed by atoms with Crippen LogP contribution in [0.2, 0.25) is 0 Å². The van der Waals surface area contributed by atoms with Gasteiger partial charge in [0.2, 0.25) is 0 Å². The van der Waals surface area contributed by atoms with Crippen LogP contribution < -0.4 is 5.32 Å². The highest BCUT2D eigenvalue weighted by molar-refractivity contribution is 5.16. The summed E-state index contributed by atoms with van der Waals surface area (Å²) in [5.74, 6) is 1.73. The molecule has 2 rings (SSSR count). The minimum atomic E-state index is 0.673. The van der Waals surface area contributed by atoms with Crippen LogP contribution in [0.5, 0.6) is 0 Å². The van der Waals surface area contributed by atoms with Crippen molar-refractivity contribution in [3.63, 3.8) is 0 Å². The predicted octanol–water partition coefficient (Wildman–Crippen LogP) is 3.64. The molecule has 0 radical (unpaired) electrons. The topological polar surface area (TPSA) is 12.0 Å². The Bertz CT molecular complexity index is 318. The number of benzene rings is 1. The van der Waals surface area contributed by atoms with Crippen LogP contribution in [-0.4, -0.2) is 12.6 Å². The summed E-state index contributed by atoms with van der Waals surface area (Å²) in [6.45, 7) is 5.94. The summed E-state index contributed by atoms with van der Waals surface area (Å²) in [5.41, 5.74) is 1.47. The van der Waals surface area contributed by atoms with Gasteiger partial charge in [-0.25, -0.2) is 0 Å². The second-order valence-corrected chi connectivity index (χ2v) is 5.72. The zero-order valence-corrected chi connectivity index (χ0v) is 11.2. The molecular weight excluding hydrogens is 206 g/mol. The molecule has 0 amide bonds. The predicted molar refractivity (Wildman–Crippen MR) is 74.1 cm³/mol. The zero-order chi connectivity index (χ0) is 12.1. The highest BCUT2D eigenvalue weighted by Gasteiger charge is 2.21. The maximum absolute atomic E-state index is 3.71. The Balaban J connectivity index is 1.95. The van der Waals surface area contributed by atoms with Crippen LogP contribution in [-0.2, 0) is 6.42 Å². The summed E-state index contributed by atoms with van der Waals surface area (Å²) in [6.07, 6.45) is 5.26. The van der Waals surface area contributed by atoms with Crippen LogP contribution in [0.15, 0.2) is 30.3 Å². The van der Waals surface area contributed by atoms with Crippen LogP contribution in [0.3, 0.4) is 0 Å². The van der Waals surface area contributed by atoms with E-state index in [-0.39, 0.29) is 0 Å². The molecule has 0 saturated carbocycles. The lowest BCUT2D eigenvalue weighted by molar-refractivity contribution is 0.319. The van der Waals surface area contributed by atoms with Crippen molar-refractivity contribution >= 4 is 0 Å². The summed E-state index contributed by atoms with van der Waals surface area (Å²) >= 11 is 0. The van der Waals surface area contributed by atoms with Gasteiger partial charge in [0.1, 0.15) is 0 Å². The molecule has 1 heterocycles. The third-order valence-electron chi connectivity index (χ3n) is 4.04. The molecule has 94 valence electrons. The summed E-state index contributed by atoms with van der Waals surface area (Å²) in [6, 6.07) is 11.6. The van der Waals surface area contributed by atoms with Crippen molar-refractivity contribution in [1.29, 1.82) is 0 Å². The first-order chi connectivity index (χ1) is 8.25. The SMILES string of the molecule is CC(C)C1CCCNC(Cc2ccccc2)C1. The molecule has 1 aromatic rings. The maximum atomic E-state index is 3.71. The third-order valence-corrected chi connectivity index (χ3v) is 4.04. The minimum Gasteiger partial charge on any atom is -0.314 e. The molecular formula is C16H25N. The van der Waals surface area contributed by atoms with Crippen molar-refractivity contribution < 1.29 is 0 Å². The van der Waals surface area contributed by atoms with Gasteiger partial charge in [-0.2, -0.15) is 0 Å². The van der Waals surface area contributed by atoms with E-state index in [2.05, 4.69) is 49.5 Å². The summed E-state index contributed by atoms with van der Waals surface area (Å²) in [4.78, 5) is 0. The van der Waals surface area contributed by atoms with E-state index in [0.717, 1.165) is 11.8 Å². The summed E-state index contributed by atoms with van der Waals surface area (Å²) in [7, 11) is 0. The Labute approximate surface area is 106 Å². The highest BCUT2D eigenvalue weighted by atomic mass is 14.9. The van der Waals surface area contributed by atoms with Crippen LogP contribution in [0.25, 0.3) is 0 Å². The smallest absolute Gasteiger partial charge is 0.0110 e. The average molecular weight is 231 g/mol. The van der Waals surface area contributed by atoms with Gasteiger partial charge in [-0.05, 0) is 49.6 Å². The minimum absolute atomic E-state index is 0.673. The summed E-state index contributed by atoms with van der Waals surface area (Å²) < 4.78 is 0. The van der Waals surface area contributed by atoms with Gasteiger partial charge in [0, 0.05) is 6.04 Å². The quantitative estimate of drug-likeness (QED) is 0.837. The molecule has 1 aliphatic heterocycles. The van der Waals surface area contributed by atoms with E-state index in [9.17, 15) is 0 Å². The molecule has 1 nitrogen and oxygen atoms in total. The third kappa shape index (κ3) is 3.85. The van der Waals surface area contributed by atoms with Gasteiger partial charge >= 0.3 is 0 Å². The molecule has 1 aliphatic rings. The first-order valence-electron chi connectivity index (χ1n) is 7.03. The molecule has 1 heteroatoms. The Morgan fingerprint density at radius 3 is 2.71 bits per heavy atom. The highest BCUT2D eigenvalue weighted by Crippen LogP contribution is 2.25. The number of rotatable bonds is 3. The molecule has 0 spiro atoms. The lowest BCUT2D eigenvalue weighted by Crippen LogP contribution is -2.31. The van der Waals surface area contributed by atoms with Crippen molar-refractivity contribution in [2.24, 2.45) is 11.8 Å². The Hall–Kier alpha value is -0.820. The first-order valence-corrected chi connectivity index (χ1v) is 7.03. The van der Waals surface area contributed by atoms with E-state index >= 15 is 0 Å². The molecule has 17 heavy (non-hydrogen) atoms. The van der Waals surface area contributed by atoms with Gasteiger partial charge < -0.3 is 5.32 Å². The second kappa shape index (κ2) is 6.20. The molecule has 1 saturated heterocycles. The molecule has 2 atom stereocenters. The van der Waals surface area contributed by atoms with Gasteiger partial charge in [-0.3, -0.25) is 0 Å². The van der Waals surface area contributed by atoms with Gasteiger partial charge in [-0.1, -0.05) is 44.2 Å². The molecule has 2 unspecified atom stereocenters. The number of hydrogen-bond acceptors (Lipinski definition) is 1. The Kier molecular flexibility index (Phi) is 4.61. The molecule has 0 aliphatic carbocycles. The molecule has 1 fully saturated rings. The first kappa shape index (κ1) is 12.6. The van der Waals surface area contributed by atoms with Gasteiger partial charge in [0.25, 0.3) is 0 Å². The van der Waals surface area contributed by atoms with Crippen LogP contribution in [0, 0.1) is 11.8 Å². The van der Waals surface area contributed by atoms with Crippen LogP contribution >= 0.6 is 0 Å². The summed E-state index contributed by atoms with van der Waals surface area (Å²) in [5, 5.41) is 3.71. The molecule has 0 aromatic heterocycles. The van der Waals surface area contributed by atoms with Crippen molar-refractivity contribution in [2.45, 2.75) is 45.6 Å². The lowest BCUT2D eigenvalue weighted by atomic mass is 9.85. The van der Waals surface area contributed by atoms with Crippen molar-refractivity contribution in [2.75, 3.05) is 6.54 Å². The average Bonchev–Trinajstić information content (AvgIpc) is 2.56. The standard InChI is InChI=1S/C16H25N/c1-13(2)15-9-6-10-17-16(12-15)11-14-7-4-3-5-8-14/h3-5,7-8,13,15-17H,6,9-12H2,1-2H3. The number of nitrogens with one attached hydrogen (secondary N) is 1. The van der Waals surface area contributed by atoms with Crippen molar-refractivity contribution in [3.8, 4) is 0 Å².